The molecule has 0 spiro atoms. The van der Waals surface area contributed by atoms with Gasteiger partial charge in [0.2, 0.25) is 0 Å². The van der Waals surface area contributed by atoms with Gasteiger partial charge in [0.05, 0.1) is 5.30 Å². The zero-order valence-electron chi connectivity index (χ0n) is 5.64. The van der Waals surface area contributed by atoms with Crippen molar-refractivity contribution in [3.8, 4) is 0 Å². The molecule has 0 heterocycles. The minimum absolute atomic E-state index is 0. The van der Waals surface area contributed by atoms with Crippen LogP contribution in [0.3, 0.4) is 0 Å². The first kappa shape index (κ1) is 11.1. The van der Waals surface area contributed by atoms with E-state index in [1.54, 1.807) is 18.2 Å². The third kappa shape index (κ3) is 3.32. The Hall–Kier alpha value is 0.0843. The molecule has 5 heteroatoms. The molecule has 0 saturated heterocycles. The fraction of sp³-hybridized carbons (Fsp3) is 0. The molecule has 2 N–H and O–H groups in total. The quantitative estimate of drug-likeness (QED) is 0.519. The molecule has 1 aromatic rings. The van der Waals surface area contributed by atoms with E-state index in [0.717, 1.165) is 0 Å². The summed E-state index contributed by atoms with van der Waals surface area (Å²) >= 11 is 0. The van der Waals surface area contributed by atoms with Crippen molar-refractivity contribution >= 4 is 12.9 Å². The van der Waals surface area contributed by atoms with Crippen molar-refractivity contribution in [1.29, 1.82) is 0 Å². The molecular weight excluding hydrogens is 199 g/mol. The van der Waals surface area contributed by atoms with Crippen LogP contribution in [-0.2, 0) is 26.3 Å². The molecule has 0 aromatic heterocycles. The summed E-state index contributed by atoms with van der Waals surface area (Å²) in [7, 11) is -4.02. The van der Waals surface area contributed by atoms with Gasteiger partial charge in [0.15, 0.2) is 0 Å². The van der Waals surface area contributed by atoms with Crippen molar-refractivity contribution < 1.29 is 36.1 Å². The third-order valence-electron chi connectivity index (χ3n) is 1.09. The van der Waals surface area contributed by atoms with E-state index < -0.39 is 7.60 Å². The van der Waals surface area contributed by atoms with Crippen LogP contribution in [0, 0.1) is 0 Å². The van der Waals surface area contributed by atoms with Gasteiger partial charge in [-0.1, -0.05) is 18.2 Å². The van der Waals surface area contributed by atoms with Crippen LogP contribution < -0.4 is 5.30 Å². The van der Waals surface area contributed by atoms with Crippen molar-refractivity contribution in [3.05, 3.63) is 30.3 Å². The van der Waals surface area contributed by atoms with Gasteiger partial charge < -0.3 is 9.79 Å². The average Bonchev–Trinajstić information content (AvgIpc) is 1.88. The van der Waals surface area contributed by atoms with Gasteiger partial charge in [-0.25, -0.2) is 0 Å². The number of rotatable bonds is 1. The van der Waals surface area contributed by atoms with Gasteiger partial charge in [0.25, 0.3) is 0 Å². The number of hydrogen-bond acceptors (Lipinski definition) is 1. The molecule has 0 aliphatic heterocycles. The van der Waals surface area contributed by atoms with Crippen molar-refractivity contribution in [2.24, 2.45) is 0 Å². The van der Waals surface area contributed by atoms with E-state index in [4.69, 9.17) is 9.79 Å². The van der Waals surface area contributed by atoms with E-state index in [2.05, 4.69) is 0 Å². The van der Waals surface area contributed by atoms with Gasteiger partial charge in [0, 0.05) is 21.7 Å². The van der Waals surface area contributed by atoms with E-state index in [9.17, 15) is 4.57 Å². The third-order valence-corrected chi connectivity index (χ3v) is 2.06. The van der Waals surface area contributed by atoms with Crippen molar-refractivity contribution in [2.45, 2.75) is 0 Å². The van der Waals surface area contributed by atoms with Crippen LogP contribution in [0.5, 0.6) is 0 Å². The van der Waals surface area contributed by atoms with Crippen LogP contribution in [0.15, 0.2) is 30.3 Å². The molecular formula is C6H7O3PTi. The Morgan fingerprint density at radius 3 is 1.82 bits per heavy atom. The summed E-state index contributed by atoms with van der Waals surface area (Å²) in [6.45, 7) is 0. The van der Waals surface area contributed by atoms with Gasteiger partial charge >= 0.3 is 7.60 Å². The van der Waals surface area contributed by atoms with E-state index in [1.165, 1.54) is 12.1 Å². The maximum absolute atomic E-state index is 10.5. The molecule has 1 aromatic carbocycles. The smallest absolute Gasteiger partial charge is 0.321 e. The molecule has 0 bridgehead atoms. The first-order chi connectivity index (χ1) is 4.61. The minimum atomic E-state index is -4.02. The Morgan fingerprint density at radius 1 is 1.09 bits per heavy atom. The summed E-state index contributed by atoms with van der Waals surface area (Å²) in [6.07, 6.45) is 0. The summed E-state index contributed by atoms with van der Waals surface area (Å²) < 4.78 is 10.5. The predicted octanol–water partition coefficient (Wildman–Crippen LogP) is 0.487. The Morgan fingerprint density at radius 2 is 1.55 bits per heavy atom. The Balaban J connectivity index is 0.000001000. The summed E-state index contributed by atoms with van der Waals surface area (Å²) in [5.74, 6) is 0. The molecule has 0 aliphatic carbocycles. The molecule has 0 amide bonds. The maximum Gasteiger partial charge on any atom is 0.356 e. The van der Waals surface area contributed by atoms with Gasteiger partial charge in [0.1, 0.15) is 0 Å². The Kier molecular flexibility index (Phi) is 4.23. The zero-order chi connectivity index (χ0) is 7.61. The van der Waals surface area contributed by atoms with Crippen LogP contribution in [0.1, 0.15) is 0 Å². The second-order valence-corrected chi connectivity index (χ2v) is 3.48. The first-order valence-corrected chi connectivity index (χ1v) is 4.33. The second kappa shape index (κ2) is 4.20. The molecule has 11 heavy (non-hydrogen) atoms. The van der Waals surface area contributed by atoms with Crippen LogP contribution in [0.4, 0.5) is 0 Å². The summed E-state index contributed by atoms with van der Waals surface area (Å²) in [5, 5.41) is 0.0648. The van der Waals surface area contributed by atoms with Crippen LogP contribution in [0.2, 0.25) is 0 Å². The summed E-state index contributed by atoms with van der Waals surface area (Å²) in [6, 6.07) is 7.70. The molecule has 0 radical (unpaired) electrons. The number of benzene rings is 1. The van der Waals surface area contributed by atoms with Crippen LogP contribution in [-0.4, -0.2) is 9.79 Å². The fourth-order valence-electron chi connectivity index (χ4n) is 0.622. The fourth-order valence-corrected chi connectivity index (χ4v) is 1.18. The van der Waals surface area contributed by atoms with Gasteiger partial charge in [-0.3, -0.25) is 4.57 Å². The predicted molar refractivity (Wildman–Crippen MR) is 38.1 cm³/mol. The molecule has 0 atom stereocenters. The van der Waals surface area contributed by atoms with E-state index in [0.29, 0.717) is 0 Å². The normalized spacial score (nSPS) is 10.4. The first-order valence-electron chi connectivity index (χ1n) is 2.72. The van der Waals surface area contributed by atoms with Gasteiger partial charge in [-0.15, -0.1) is 0 Å². The van der Waals surface area contributed by atoms with Crippen molar-refractivity contribution in [2.75, 3.05) is 0 Å². The van der Waals surface area contributed by atoms with Gasteiger partial charge in [-0.05, 0) is 12.1 Å². The topological polar surface area (TPSA) is 57.5 Å². The van der Waals surface area contributed by atoms with Crippen LogP contribution >= 0.6 is 7.60 Å². The number of hydrogen-bond donors (Lipinski definition) is 2. The molecule has 3 nitrogen and oxygen atoms in total. The average molecular weight is 206 g/mol. The SMILES string of the molecule is O=P(O)(O)c1ccccc1.[Ti]. The van der Waals surface area contributed by atoms with Crippen molar-refractivity contribution in [3.63, 3.8) is 0 Å². The van der Waals surface area contributed by atoms with Crippen molar-refractivity contribution in [1.82, 2.24) is 0 Å². The molecule has 1 rings (SSSR count). The molecule has 58 valence electrons. The monoisotopic (exact) mass is 206 g/mol. The van der Waals surface area contributed by atoms with Gasteiger partial charge in [-0.2, -0.15) is 0 Å². The van der Waals surface area contributed by atoms with E-state index >= 15 is 0 Å². The maximum atomic E-state index is 10.5. The molecule has 0 unspecified atom stereocenters. The molecule has 0 fully saturated rings. The van der Waals surface area contributed by atoms with E-state index in [-0.39, 0.29) is 27.0 Å². The largest absolute Gasteiger partial charge is 0.356 e. The summed E-state index contributed by atoms with van der Waals surface area (Å²) in [4.78, 5) is 17.2. The Labute approximate surface area is 79.5 Å². The van der Waals surface area contributed by atoms with Crippen LogP contribution in [0.25, 0.3) is 0 Å². The Bertz CT molecular complexity index is 256. The zero-order valence-corrected chi connectivity index (χ0v) is 8.09. The molecule has 0 aliphatic rings. The standard InChI is InChI=1S/C6H7O3P.Ti/c7-10(8,9)6-4-2-1-3-5-6;/h1-5H,(H2,7,8,9);. The second-order valence-electron chi connectivity index (χ2n) is 1.88. The summed E-state index contributed by atoms with van der Waals surface area (Å²) in [5.41, 5.74) is 0. The molecule has 0 saturated carbocycles. The minimum Gasteiger partial charge on any atom is -0.321 e. The van der Waals surface area contributed by atoms with E-state index in [1.807, 2.05) is 0 Å².